The van der Waals surface area contributed by atoms with Crippen LogP contribution < -0.4 is 4.18 Å². The molecule has 0 fully saturated rings. The summed E-state index contributed by atoms with van der Waals surface area (Å²) in [4.78, 5) is 0.108. The van der Waals surface area contributed by atoms with Crippen molar-refractivity contribution in [3.8, 4) is 11.8 Å². The first kappa shape index (κ1) is 15.1. The van der Waals surface area contributed by atoms with Crippen molar-refractivity contribution < 1.29 is 12.6 Å². The Hall–Kier alpha value is -2.32. The van der Waals surface area contributed by atoms with Crippen molar-refractivity contribution in [1.29, 1.82) is 5.26 Å². The smallest absolute Gasteiger partial charge is 0.339 e. The van der Waals surface area contributed by atoms with Crippen LogP contribution in [0.5, 0.6) is 5.75 Å². The molecule has 2 aromatic rings. The Morgan fingerprint density at radius 3 is 2.05 bits per heavy atom. The number of nitriles is 1. The molecule has 0 bridgehead atoms. The van der Waals surface area contributed by atoms with Gasteiger partial charge in [0.15, 0.2) is 0 Å². The van der Waals surface area contributed by atoms with E-state index in [1.165, 1.54) is 36.4 Å². The Balaban J connectivity index is 2.23. The summed E-state index contributed by atoms with van der Waals surface area (Å²) >= 11 is 0. The molecular weight excluding hydrogens is 286 g/mol. The van der Waals surface area contributed by atoms with Gasteiger partial charge in [0.25, 0.3) is 0 Å². The van der Waals surface area contributed by atoms with E-state index in [9.17, 15) is 8.42 Å². The van der Waals surface area contributed by atoms with Crippen LogP contribution in [0.3, 0.4) is 0 Å². The lowest BCUT2D eigenvalue weighted by Gasteiger charge is -2.09. The van der Waals surface area contributed by atoms with Crippen LogP contribution in [0.1, 0.15) is 30.9 Å². The zero-order chi connectivity index (χ0) is 15.5. The molecule has 4 nitrogen and oxygen atoms in total. The van der Waals surface area contributed by atoms with Crippen molar-refractivity contribution in [3.63, 3.8) is 0 Å². The highest BCUT2D eigenvalue weighted by Crippen LogP contribution is 2.21. The summed E-state index contributed by atoms with van der Waals surface area (Å²) in [7, 11) is -3.86. The summed E-state index contributed by atoms with van der Waals surface area (Å²) in [5, 5.41) is 8.70. The molecule has 0 heterocycles. The van der Waals surface area contributed by atoms with Gasteiger partial charge in [-0.25, -0.2) is 0 Å². The predicted octanol–water partition coefficient (Wildman–Crippen LogP) is 3.45. The van der Waals surface area contributed by atoms with Crippen LogP contribution in [-0.4, -0.2) is 8.42 Å². The maximum atomic E-state index is 12.1. The van der Waals surface area contributed by atoms with Crippen molar-refractivity contribution in [2.75, 3.05) is 0 Å². The van der Waals surface area contributed by atoms with Crippen LogP contribution in [0.25, 0.3) is 0 Å². The molecular formula is C16H15NO3S. The van der Waals surface area contributed by atoms with Crippen LogP contribution in [-0.2, 0) is 10.1 Å². The average Bonchev–Trinajstić information content (AvgIpc) is 2.48. The maximum absolute atomic E-state index is 12.1. The van der Waals surface area contributed by atoms with E-state index in [4.69, 9.17) is 9.44 Å². The van der Waals surface area contributed by atoms with E-state index in [1.807, 2.05) is 19.9 Å². The van der Waals surface area contributed by atoms with Crippen molar-refractivity contribution in [1.82, 2.24) is 0 Å². The zero-order valence-electron chi connectivity index (χ0n) is 11.8. The highest BCUT2D eigenvalue weighted by molar-refractivity contribution is 7.87. The van der Waals surface area contributed by atoms with Gasteiger partial charge in [0, 0.05) is 0 Å². The van der Waals surface area contributed by atoms with Gasteiger partial charge in [-0.05, 0) is 47.9 Å². The standard InChI is InChI=1S/C16H15NO3S/c1-12(2)14-5-9-16(10-6-14)21(18,19)20-15-7-3-13(11-17)4-8-15/h3-10,12H,1-2H3. The molecule has 0 aliphatic rings. The summed E-state index contributed by atoms with van der Waals surface area (Å²) in [6, 6.07) is 14.5. The predicted molar refractivity (Wildman–Crippen MR) is 79.5 cm³/mol. The second-order valence-corrected chi connectivity index (χ2v) is 6.44. The van der Waals surface area contributed by atoms with Crippen molar-refractivity contribution in [3.05, 3.63) is 59.7 Å². The normalized spacial score (nSPS) is 11.1. The van der Waals surface area contributed by atoms with Gasteiger partial charge in [-0.2, -0.15) is 13.7 Å². The van der Waals surface area contributed by atoms with Crippen molar-refractivity contribution in [2.45, 2.75) is 24.7 Å². The molecule has 0 amide bonds. The van der Waals surface area contributed by atoms with Crippen molar-refractivity contribution in [2.24, 2.45) is 0 Å². The van der Waals surface area contributed by atoms with Gasteiger partial charge in [0.1, 0.15) is 10.6 Å². The lowest BCUT2D eigenvalue weighted by molar-refractivity contribution is 0.486. The second kappa shape index (κ2) is 5.98. The Bertz CT molecular complexity index is 755. The Labute approximate surface area is 124 Å². The lowest BCUT2D eigenvalue weighted by atomic mass is 10.0. The number of nitrogens with zero attached hydrogens (tertiary/aromatic N) is 1. The fourth-order valence-corrected chi connectivity index (χ4v) is 2.71. The van der Waals surface area contributed by atoms with E-state index in [2.05, 4.69) is 0 Å². The Kier molecular flexibility index (Phi) is 4.29. The maximum Gasteiger partial charge on any atom is 0.339 e. The van der Waals surface area contributed by atoms with E-state index in [-0.39, 0.29) is 10.6 Å². The third-order valence-corrected chi connectivity index (χ3v) is 4.29. The molecule has 21 heavy (non-hydrogen) atoms. The van der Waals surface area contributed by atoms with Crippen molar-refractivity contribution >= 4 is 10.1 Å². The zero-order valence-corrected chi connectivity index (χ0v) is 12.6. The Morgan fingerprint density at radius 2 is 1.57 bits per heavy atom. The third-order valence-electron chi connectivity index (χ3n) is 3.02. The summed E-state index contributed by atoms with van der Waals surface area (Å²) in [6.07, 6.45) is 0. The highest BCUT2D eigenvalue weighted by Gasteiger charge is 2.16. The summed E-state index contributed by atoms with van der Waals surface area (Å²) < 4.78 is 29.4. The van der Waals surface area contributed by atoms with E-state index >= 15 is 0 Å². The molecule has 0 saturated carbocycles. The molecule has 0 saturated heterocycles. The van der Waals surface area contributed by atoms with E-state index < -0.39 is 10.1 Å². The summed E-state index contributed by atoms with van der Waals surface area (Å²) in [5.41, 5.74) is 1.51. The highest BCUT2D eigenvalue weighted by atomic mass is 32.2. The first-order valence-corrected chi connectivity index (χ1v) is 7.88. The molecule has 0 radical (unpaired) electrons. The molecule has 0 atom stereocenters. The lowest BCUT2D eigenvalue weighted by Crippen LogP contribution is -2.09. The number of rotatable bonds is 4. The first-order chi connectivity index (χ1) is 9.92. The van der Waals surface area contributed by atoms with Gasteiger partial charge >= 0.3 is 10.1 Å². The SMILES string of the molecule is CC(C)c1ccc(S(=O)(=O)Oc2ccc(C#N)cc2)cc1. The van der Waals surface area contributed by atoms with Gasteiger partial charge in [0.2, 0.25) is 0 Å². The topological polar surface area (TPSA) is 67.2 Å². The third kappa shape index (κ3) is 3.61. The minimum absolute atomic E-state index is 0.108. The van der Waals surface area contributed by atoms with Gasteiger partial charge in [-0.1, -0.05) is 26.0 Å². The van der Waals surface area contributed by atoms with E-state index in [0.29, 0.717) is 11.5 Å². The van der Waals surface area contributed by atoms with Crippen LogP contribution >= 0.6 is 0 Å². The van der Waals surface area contributed by atoms with Gasteiger partial charge in [0.05, 0.1) is 11.6 Å². The summed E-state index contributed by atoms with van der Waals surface area (Å²) in [5.74, 6) is 0.517. The molecule has 0 N–H and O–H groups in total. The average molecular weight is 301 g/mol. The molecule has 0 unspecified atom stereocenters. The molecule has 5 heteroatoms. The number of hydrogen-bond acceptors (Lipinski definition) is 4. The van der Waals surface area contributed by atoms with E-state index in [0.717, 1.165) is 5.56 Å². The molecule has 2 rings (SSSR count). The van der Waals surface area contributed by atoms with Crippen LogP contribution in [0.15, 0.2) is 53.4 Å². The molecule has 108 valence electrons. The Morgan fingerprint density at radius 1 is 1.00 bits per heavy atom. The molecule has 0 aliphatic carbocycles. The first-order valence-electron chi connectivity index (χ1n) is 6.47. The van der Waals surface area contributed by atoms with E-state index in [1.54, 1.807) is 12.1 Å². The minimum atomic E-state index is -3.86. The fraction of sp³-hybridized carbons (Fsp3) is 0.188. The molecule has 0 aliphatic heterocycles. The quantitative estimate of drug-likeness (QED) is 0.811. The van der Waals surface area contributed by atoms with Gasteiger partial charge in [-0.3, -0.25) is 0 Å². The molecule has 0 aromatic heterocycles. The van der Waals surface area contributed by atoms with Crippen LogP contribution in [0.2, 0.25) is 0 Å². The fourth-order valence-electron chi connectivity index (χ4n) is 1.78. The van der Waals surface area contributed by atoms with Crippen LogP contribution in [0.4, 0.5) is 0 Å². The van der Waals surface area contributed by atoms with Gasteiger partial charge < -0.3 is 4.18 Å². The number of benzene rings is 2. The van der Waals surface area contributed by atoms with Gasteiger partial charge in [-0.15, -0.1) is 0 Å². The minimum Gasteiger partial charge on any atom is -0.379 e. The summed E-state index contributed by atoms with van der Waals surface area (Å²) in [6.45, 7) is 4.08. The monoisotopic (exact) mass is 301 g/mol. The largest absolute Gasteiger partial charge is 0.379 e. The van der Waals surface area contributed by atoms with Crippen LogP contribution in [0, 0.1) is 11.3 Å². The number of hydrogen-bond donors (Lipinski definition) is 0. The second-order valence-electron chi connectivity index (χ2n) is 4.90. The molecule has 2 aromatic carbocycles. The molecule has 0 spiro atoms.